The molecule has 1 aromatic heterocycles. The van der Waals surface area contributed by atoms with Gasteiger partial charge in [0.05, 0.1) is 6.10 Å². The van der Waals surface area contributed by atoms with Crippen molar-refractivity contribution in [2.45, 2.75) is 20.0 Å². The lowest BCUT2D eigenvalue weighted by Gasteiger charge is -2.08. The fraction of sp³-hybridized carbons (Fsp3) is 0.250. The number of hydrogen-bond acceptors (Lipinski definition) is 5. The number of aryl methyl sites for hydroxylation is 1. The zero-order valence-electron chi connectivity index (χ0n) is 10.5. The molecule has 0 aliphatic heterocycles. The zero-order chi connectivity index (χ0) is 13.8. The normalized spacial score (nSPS) is 11.9. The number of carbonyl (C=O) groups excluding carboxylic acids is 1. The van der Waals surface area contributed by atoms with E-state index in [-0.39, 0.29) is 6.01 Å². The van der Waals surface area contributed by atoms with Crippen LogP contribution >= 0.6 is 0 Å². The van der Waals surface area contributed by atoms with Gasteiger partial charge in [-0.3, -0.25) is 5.32 Å². The first-order valence-electron chi connectivity index (χ1n) is 5.71. The molecular formula is C12H14N4O3. The summed E-state index contributed by atoms with van der Waals surface area (Å²) in [7, 11) is 0. The highest BCUT2D eigenvalue weighted by Gasteiger charge is 2.08. The highest BCUT2D eigenvalue weighted by molar-refractivity contribution is 5.98. The van der Waals surface area contributed by atoms with Crippen molar-refractivity contribution in [3.05, 3.63) is 35.7 Å². The third-order valence-corrected chi connectivity index (χ3v) is 2.37. The zero-order valence-corrected chi connectivity index (χ0v) is 10.5. The van der Waals surface area contributed by atoms with E-state index in [1.165, 1.54) is 0 Å². The SMILES string of the molecule is Cc1noc(NC(=O)Nc2cccc(C(C)O)c2)n1. The van der Waals surface area contributed by atoms with Gasteiger partial charge in [0.1, 0.15) is 0 Å². The second kappa shape index (κ2) is 5.49. The Hall–Kier alpha value is -2.41. The summed E-state index contributed by atoms with van der Waals surface area (Å²) in [4.78, 5) is 15.5. The summed E-state index contributed by atoms with van der Waals surface area (Å²) in [6, 6.07) is 6.45. The van der Waals surface area contributed by atoms with E-state index in [1.807, 2.05) is 0 Å². The lowest BCUT2D eigenvalue weighted by atomic mass is 10.1. The number of nitrogens with one attached hydrogen (secondary N) is 2. The maximum Gasteiger partial charge on any atom is 0.329 e. The van der Waals surface area contributed by atoms with E-state index >= 15 is 0 Å². The topological polar surface area (TPSA) is 100 Å². The van der Waals surface area contributed by atoms with Crippen molar-refractivity contribution in [3.63, 3.8) is 0 Å². The molecule has 3 N–H and O–H groups in total. The van der Waals surface area contributed by atoms with Crippen LogP contribution in [0.3, 0.4) is 0 Å². The number of anilines is 2. The van der Waals surface area contributed by atoms with Gasteiger partial charge in [-0.2, -0.15) is 4.98 Å². The Morgan fingerprint density at radius 1 is 1.42 bits per heavy atom. The Kier molecular flexibility index (Phi) is 3.76. The molecule has 0 spiro atoms. The van der Waals surface area contributed by atoms with Crippen molar-refractivity contribution in [1.82, 2.24) is 10.1 Å². The molecule has 2 aromatic rings. The van der Waals surface area contributed by atoms with Gasteiger partial charge in [0.2, 0.25) is 0 Å². The third-order valence-electron chi connectivity index (χ3n) is 2.37. The van der Waals surface area contributed by atoms with Crippen LogP contribution in [0.4, 0.5) is 16.5 Å². The van der Waals surface area contributed by atoms with Crippen LogP contribution in [0.15, 0.2) is 28.8 Å². The number of carbonyl (C=O) groups is 1. The second-order valence-corrected chi connectivity index (χ2v) is 4.03. The first kappa shape index (κ1) is 13.0. The van der Waals surface area contributed by atoms with Crippen LogP contribution in [0.5, 0.6) is 0 Å². The second-order valence-electron chi connectivity index (χ2n) is 4.03. The van der Waals surface area contributed by atoms with Crippen LogP contribution < -0.4 is 10.6 Å². The monoisotopic (exact) mass is 262 g/mol. The number of nitrogens with zero attached hydrogens (tertiary/aromatic N) is 2. The van der Waals surface area contributed by atoms with Gasteiger partial charge in [0.25, 0.3) is 0 Å². The predicted octanol–water partition coefficient (Wildman–Crippen LogP) is 2.08. The van der Waals surface area contributed by atoms with Crippen molar-refractivity contribution >= 4 is 17.7 Å². The Morgan fingerprint density at radius 2 is 2.21 bits per heavy atom. The summed E-state index contributed by atoms with van der Waals surface area (Å²) in [5.41, 5.74) is 1.28. The third kappa shape index (κ3) is 3.52. The van der Waals surface area contributed by atoms with Gasteiger partial charge in [-0.1, -0.05) is 17.3 Å². The van der Waals surface area contributed by atoms with Crippen LogP contribution in [-0.4, -0.2) is 21.3 Å². The summed E-state index contributed by atoms with van der Waals surface area (Å²) >= 11 is 0. The summed E-state index contributed by atoms with van der Waals surface area (Å²) in [6.45, 7) is 3.30. The predicted molar refractivity (Wildman–Crippen MR) is 68.8 cm³/mol. The average molecular weight is 262 g/mol. The summed E-state index contributed by atoms with van der Waals surface area (Å²) in [5, 5.41) is 18.0. The fourth-order valence-electron chi connectivity index (χ4n) is 1.48. The van der Waals surface area contributed by atoms with Crippen molar-refractivity contribution < 1.29 is 14.4 Å². The van der Waals surface area contributed by atoms with E-state index in [9.17, 15) is 9.90 Å². The van der Waals surface area contributed by atoms with Crippen LogP contribution in [0, 0.1) is 6.92 Å². The number of amides is 2. The van der Waals surface area contributed by atoms with Crippen LogP contribution in [0.1, 0.15) is 24.4 Å². The maximum absolute atomic E-state index is 11.7. The van der Waals surface area contributed by atoms with E-state index in [0.717, 1.165) is 0 Å². The van der Waals surface area contributed by atoms with Gasteiger partial charge < -0.3 is 14.9 Å². The van der Waals surface area contributed by atoms with Gasteiger partial charge in [-0.25, -0.2) is 4.79 Å². The lowest BCUT2D eigenvalue weighted by molar-refractivity contribution is 0.199. The van der Waals surface area contributed by atoms with Crippen molar-refractivity contribution in [2.24, 2.45) is 0 Å². The molecule has 2 rings (SSSR count). The number of aromatic nitrogens is 2. The summed E-state index contributed by atoms with van der Waals surface area (Å²) in [5.74, 6) is 0.436. The van der Waals surface area contributed by atoms with Gasteiger partial charge in [-0.15, -0.1) is 0 Å². The molecule has 0 aliphatic carbocycles. The minimum absolute atomic E-state index is 0.0293. The molecule has 100 valence electrons. The Bertz CT molecular complexity index is 580. The van der Waals surface area contributed by atoms with Crippen LogP contribution in [-0.2, 0) is 0 Å². The highest BCUT2D eigenvalue weighted by Crippen LogP contribution is 2.17. The van der Waals surface area contributed by atoms with Gasteiger partial charge in [-0.05, 0) is 31.5 Å². The molecule has 0 bridgehead atoms. The molecule has 7 nitrogen and oxygen atoms in total. The first-order chi connectivity index (χ1) is 9.04. The van der Waals surface area contributed by atoms with Crippen LogP contribution in [0.2, 0.25) is 0 Å². The Balaban J connectivity index is 2.00. The minimum atomic E-state index is -0.594. The quantitative estimate of drug-likeness (QED) is 0.786. The molecule has 1 atom stereocenters. The highest BCUT2D eigenvalue weighted by atomic mass is 16.5. The van der Waals surface area contributed by atoms with E-state index < -0.39 is 12.1 Å². The van der Waals surface area contributed by atoms with E-state index in [1.54, 1.807) is 38.1 Å². The molecule has 1 heterocycles. The lowest BCUT2D eigenvalue weighted by Crippen LogP contribution is -2.19. The van der Waals surface area contributed by atoms with Gasteiger partial charge in [0, 0.05) is 5.69 Å². The fourth-order valence-corrected chi connectivity index (χ4v) is 1.48. The summed E-state index contributed by atoms with van der Waals surface area (Å²) in [6.07, 6.45) is -0.594. The molecule has 0 saturated carbocycles. The van der Waals surface area contributed by atoms with E-state index in [2.05, 4.69) is 20.8 Å². The maximum atomic E-state index is 11.7. The molecule has 0 fully saturated rings. The number of urea groups is 1. The van der Waals surface area contributed by atoms with E-state index in [0.29, 0.717) is 17.1 Å². The number of aliphatic hydroxyl groups excluding tert-OH is 1. The molecule has 1 unspecified atom stereocenters. The van der Waals surface area contributed by atoms with E-state index in [4.69, 9.17) is 4.52 Å². The number of rotatable bonds is 3. The molecule has 0 aliphatic rings. The molecule has 19 heavy (non-hydrogen) atoms. The van der Waals surface area contributed by atoms with Gasteiger partial charge in [0.15, 0.2) is 5.82 Å². The molecule has 0 saturated heterocycles. The molecule has 0 radical (unpaired) electrons. The van der Waals surface area contributed by atoms with Gasteiger partial charge >= 0.3 is 12.0 Å². The van der Waals surface area contributed by atoms with Crippen LogP contribution in [0.25, 0.3) is 0 Å². The minimum Gasteiger partial charge on any atom is -0.389 e. The summed E-state index contributed by atoms with van der Waals surface area (Å²) < 4.78 is 4.76. The number of aliphatic hydroxyl groups is 1. The number of benzene rings is 1. The standard InChI is InChI=1S/C12H14N4O3/c1-7(17)9-4-3-5-10(6-9)14-11(18)15-12-13-8(2)16-19-12/h3-7,17H,1-2H3,(H2,13,14,15,16,18). The number of hydrogen-bond donors (Lipinski definition) is 3. The first-order valence-corrected chi connectivity index (χ1v) is 5.71. The molecule has 7 heteroatoms. The largest absolute Gasteiger partial charge is 0.389 e. The van der Waals surface area contributed by atoms with Crippen molar-refractivity contribution in [2.75, 3.05) is 10.6 Å². The van der Waals surface area contributed by atoms with Crippen molar-refractivity contribution in [3.8, 4) is 0 Å². The Labute approximate surface area is 109 Å². The molecule has 2 amide bonds. The van der Waals surface area contributed by atoms with Crippen molar-refractivity contribution in [1.29, 1.82) is 0 Å². The smallest absolute Gasteiger partial charge is 0.329 e. The molecule has 1 aromatic carbocycles. The Morgan fingerprint density at radius 3 is 2.84 bits per heavy atom. The molecular weight excluding hydrogens is 248 g/mol. The average Bonchev–Trinajstić information content (AvgIpc) is 2.74.